The summed E-state index contributed by atoms with van der Waals surface area (Å²) in [6, 6.07) is 7.13. The summed E-state index contributed by atoms with van der Waals surface area (Å²) in [4.78, 5) is 14.5. The molecule has 0 radical (unpaired) electrons. The molecular formula is C17H22N4O4S. The van der Waals surface area contributed by atoms with Crippen molar-refractivity contribution in [1.82, 2.24) is 15.1 Å². The largest absolute Gasteiger partial charge is 0.497 e. The number of methoxy groups -OCH3 is 2. The smallest absolute Gasteiger partial charge is 0.286 e. The quantitative estimate of drug-likeness (QED) is 0.818. The van der Waals surface area contributed by atoms with Crippen LogP contribution >= 0.6 is 11.3 Å². The minimum Gasteiger partial charge on any atom is -0.497 e. The van der Waals surface area contributed by atoms with Gasteiger partial charge in [0.2, 0.25) is 5.01 Å². The molecule has 1 N–H and O–H groups in total. The molecule has 1 unspecified atom stereocenters. The molecule has 8 nitrogen and oxygen atoms in total. The van der Waals surface area contributed by atoms with Gasteiger partial charge in [0, 0.05) is 25.9 Å². The SMILES string of the molecule is COc1ccc(NC(=O)c2nnc(CN3CCOCC(OC)C3)s2)cc1. The first-order valence-corrected chi connectivity index (χ1v) is 9.10. The van der Waals surface area contributed by atoms with Crippen molar-refractivity contribution in [3.05, 3.63) is 34.3 Å². The van der Waals surface area contributed by atoms with Gasteiger partial charge in [0.05, 0.1) is 33.0 Å². The lowest BCUT2D eigenvalue weighted by Gasteiger charge is -2.20. The Balaban J connectivity index is 1.58. The number of nitrogens with zero attached hydrogens (tertiary/aromatic N) is 3. The molecule has 1 aliphatic heterocycles. The van der Waals surface area contributed by atoms with E-state index in [1.807, 2.05) is 0 Å². The summed E-state index contributed by atoms with van der Waals surface area (Å²) >= 11 is 1.29. The number of hydrogen-bond acceptors (Lipinski definition) is 8. The van der Waals surface area contributed by atoms with Crippen LogP contribution in [-0.4, -0.2) is 67.6 Å². The molecule has 0 spiro atoms. The van der Waals surface area contributed by atoms with Gasteiger partial charge in [0.15, 0.2) is 0 Å². The number of nitrogens with one attached hydrogen (secondary N) is 1. The Hall–Kier alpha value is -2.07. The zero-order valence-electron chi connectivity index (χ0n) is 14.8. The molecule has 2 heterocycles. The van der Waals surface area contributed by atoms with E-state index < -0.39 is 0 Å². The molecule has 0 aliphatic carbocycles. The minimum absolute atomic E-state index is 0.0447. The molecule has 1 saturated heterocycles. The summed E-state index contributed by atoms with van der Waals surface area (Å²) in [7, 11) is 3.28. The molecule has 1 fully saturated rings. The molecule has 1 aromatic heterocycles. The number of anilines is 1. The van der Waals surface area contributed by atoms with Gasteiger partial charge in [-0.2, -0.15) is 0 Å². The van der Waals surface area contributed by atoms with Crippen LogP contribution in [0.5, 0.6) is 5.75 Å². The summed E-state index contributed by atoms with van der Waals surface area (Å²) in [5.74, 6) is 0.463. The Bertz CT molecular complexity index is 722. The zero-order valence-corrected chi connectivity index (χ0v) is 15.6. The number of benzene rings is 1. The van der Waals surface area contributed by atoms with Crippen molar-refractivity contribution in [2.75, 3.05) is 45.8 Å². The average Bonchev–Trinajstić information content (AvgIpc) is 3.01. The summed E-state index contributed by atoms with van der Waals surface area (Å²) < 4.78 is 16.0. The Morgan fingerprint density at radius 1 is 1.35 bits per heavy atom. The lowest BCUT2D eigenvalue weighted by atomic mass is 10.3. The maximum Gasteiger partial charge on any atom is 0.286 e. The van der Waals surface area contributed by atoms with Crippen molar-refractivity contribution in [2.45, 2.75) is 12.6 Å². The average molecular weight is 378 g/mol. The van der Waals surface area contributed by atoms with Crippen LogP contribution in [0.4, 0.5) is 5.69 Å². The number of aromatic nitrogens is 2. The van der Waals surface area contributed by atoms with Crippen molar-refractivity contribution in [1.29, 1.82) is 0 Å². The maximum atomic E-state index is 12.3. The van der Waals surface area contributed by atoms with Gasteiger partial charge in [-0.1, -0.05) is 11.3 Å². The normalized spacial score (nSPS) is 18.3. The molecule has 26 heavy (non-hydrogen) atoms. The summed E-state index contributed by atoms with van der Waals surface area (Å²) in [6.45, 7) is 3.44. The van der Waals surface area contributed by atoms with E-state index in [2.05, 4.69) is 20.4 Å². The summed E-state index contributed by atoms with van der Waals surface area (Å²) in [6.07, 6.45) is 0.0447. The monoisotopic (exact) mass is 378 g/mol. The highest BCUT2D eigenvalue weighted by Gasteiger charge is 2.20. The summed E-state index contributed by atoms with van der Waals surface area (Å²) in [5, 5.41) is 12.1. The number of carbonyl (C=O) groups is 1. The van der Waals surface area contributed by atoms with E-state index in [0.717, 1.165) is 23.8 Å². The maximum absolute atomic E-state index is 12.3. The first-order valence-electron chi connectivity index (χ1n) is 8.28. The first-order chi connectivity index (χ1) is 12.7. The third-order valence-electron chi connectivity index (χ3n) is 4.02. The van der Waals surface area contributed by atoms with Gasteiger partial charge in [-0.15, -0.1) is 10.2 Å². The van der Waals surface area contributed by atoms with Crippen molar-refractivity contribution in [3.63, 3.8) is 0 Å². The Kier molecular flexibility index (Phi) is 6.51. The van der Waals surface area contributed by atoms with Gasteiger partial charge >= 0.3 is 0 Å². The number of carbonyl (C=O) groups excluding carboxylic acids is 1. The molecule has 0 saturated carbocycles. The van der Waals surface area contributed by atoms with E-state index in [4.69, 9.17) is 14.2 Å². The molecule has 140 valence electrons. The lowest BCUT2D eigenvalue weighted by Crippen LogP contribution is -2.33. The molecular weight excluding hydrogens is 356 g/mol. The highest BCUT2D eigenvalue weighted by molar-refractivity contribution is 7.13. The molecule has 1 aliphatic rings. The number of hydrogen-bond donors (Lipinski definition) is 1. The Morgan fingerprint density at radius 3 is 2.88 bits per heavy atom. The van der Waals surface area contributed by atoms with Crippen LogP contribution in [0.3, 0.4) is 0 Å². The number of ether oxygens (including phenoxy) is 3. The van der Waals surface area contributed by atoms with Crippen LogP contribution in [0.2, 0.25) is 0 Å². The van der Waals surface area contributed by atoms with Crippen molar-refractivity contribution >= 4 is 22.9 Å². The van der Waals surface area contributed by atoms with E-state index in [0.29, 0.717) is 30.5 Å². The van der Waals surface area contributed by atoms with Gasteiger partial charge in [0.1, 0.15) is 10.8 Å². The van der Waals surface area contributed by atoms with E-state index in [1.54, 1.807) is 38.5 Å². The second-order valence-electron chi connectivity index (χ2n) is 5.85. The van der Waals surface area contributed by atoms with Crippen LogP contribution in [0.15, 0.2) is 24.3 Å². The van der Waals surface area contributed by atoms with E-state index in [-0.39, 0.29) is 12.0 Å². The molecule has 1 amide bonds. The fourth-order valence-electron chi connectivity index (χ4n) is 2.59. The first kappa shape index (κ1) is 18.7. The lowest BCUT2D eigenvalue weighted by molar-refractivity contribution is 0.0225. The standard InChI is InChI=1S/C17H22N4O4S/c1-23-13-5-3-12(4-6-13)18-16(22)17-20-19-15(26-17)10-21-7-8-25-11-14(9-21)24-2/h3-6,14H,7-11H2,1-2H3,(H,18,22). The van der Waals surface area contributed by atoms with E-state index >= 15 is 0 Å². The predicted octanol–water partition coefficient (Wildman–Crippen LogP) is 1.65. The van der Waals surface area contributed by atoms with Gasteiger partial charge < -0.3 is 19.5 Å². The Morgan fingerprint density at radius 2 is 2.15 bits per heavy atom. The van der Waals surface area contributed by atoms with E-state index in [1.165, 1.54) is 11.3 Å². The fourth-order valence-corrected chi connectivity index (χ4v) is 3.36. The van der Waals surface area contributed by atoms with Crippen LogP contribution in [0.1, 0.15) is 14.8 Å². The Labute approximate surface area is 156 Å². The molecule has 1 atom stereocenters. The van der Waals surface area contributed by atoms with Crippen LogP contribution in [0.25, 0.3) is 0 Å². The topological polar surface area (TPSA) is 85.8 Å². The van der Waals surface area contributed by atoms with E-state index in [9.17, 15) is 4.79 Å². The second kappa shape index (κ2) is 9.04. The molecule has 3 rings (SSSR count). The fraction of sp³-hybridized carbons (Fsp3) is 0.471. The van der Waals surface area contributed by atoms with Crippen LogP contribution in [0, 0.1) is 0 Å². The van der Waals surface area contributed by atoms with Gasteiger partial charge in [0.25, 0.3) is 5.91 Å². The summed E-state index contributed by atoms with van der Waals surface area (Å²) in [5.41, 5.74) is 0.681. The van der Waals surface area contributed by atoms with Crippen molar-refractivity contribution < 1.29 is 19.0 Å². The highest BCUT2D eigenvalue weighted by Crippen LogP contribution is 2.18. The molecule has 0 bridgehead atoms. The number of rotatable bonds is 6. The van der Waals surface area contributed by atoms with Crippen LogP contribution < -0.4 is 10.1 Å². The number of amides is 1. The molecule has 1 aromatic carbocycles. The van der Waals surface area contributed by atoms with Gasteiger partial charge in [-0.3, -0.25) is 9.69 Å². The highest BCUT2D eigenvalue weighted by atomic mass is 32.1. The third kappa shape index (κ3) is 4.98. The predicted molar refractivity (Wildman–Crippen MR) is 97.7 cm³/mol. The second-order valence-corrected chi connectivity index (χ2v) is 6.91. The molecule has 9 heteroatoms. The third-order valence-corrected chi connectivity index (χ3v) is 4.93. The zero-order chi connectivity index (χ0) is 18.4. The minimum atomic E-state index is -0.270. The van der Waals surface area contributed by atoms with Crippen LogP contribution in [-0.2, 0) is 16.0 Å². The van der Waals surface area contributed by atoms with Gasteiger partial charge in [-0.05, 0) is 24.3 Å². The van der Waals surface area contributed by atoms with Crippen molar-refractivity contribution in [3.8, 4) is 5.75 Å². The molecule has 2 aromatic rings. The van der Waals surface area contributed by atoms with Crippen molar-refractivity contribution in [2.24, 2.45) is 0 Å². The van der Waals surface area contributed by atoms with Gasteiger partial charge in [-0.25, -0.2) is 0 Å².